The van der Waals surface area contributed by atoms with E-state index in [4.69, 9.17) is 18.5 Å². The maximum atomic E-state index is 12.8. The van der Waals surface area contributed by atoms with Crippen molar-refractivity contribution >= 4 is 13.8 Å². The van der Waals surface area contributed by atoms with E-state index in [0.717, 1.165) is 5.56 Å². The van der Waals surface area contributed by atoms with Crippen LogP contribution in [0.15, 0.2) is 30.3 Å². The average molecular weight is 400 g/mol. The number of nitrogens with one attached hydrogen (secondary N) is 1. The van der Waals surface area contributed by atoms with E-state index < -0.39 is 19.9 Å². The first kappa shape index (κ1) is 21.9. The molecule has 2 rings (SSSR count). The predicted molar refractivity (Wildman–Crippen MR) is 101 cm³/mol. The van der Waals surface area contributed by atoms with Crippen LogP contribution >= 0.6 is 7.75 Å². The number of rotatable bonds is 9. The fraction of sp³-hybridized carbons (Fsp3) is 0.611. The van der Waals surface area contributed by atoms with Crippen LogP contribution in [0, 0.1) is 0 Å². The molecule has 0 spiro atoms. The second-order valence-corrected chi connectivity index (χ2v) is 7.89. The molecule has 1 aromatic rings. The van der Waals surface area contributed by atoms with Crippen molar-refractivity contribution in [1.29, 1.82) is 0 Å². The van der Waals surface area contributed by atoms with Crippen molar-refractivity contribution in [3.8, 4) is 0 Å². The summed E-state index contributed by atoms with van der Waals surface area (Å²) in [6.07, 6.45) is -0.0346. The van der Waals surface area contributed by atoms with Gasteiger partial charge >= 0.3 is 13.8 Å². The number of nitrogens with zero attached hydrogens (tertiary/aromatic N) is 1. The van der Waals surface area contributed by atoms with Crippen LogP contribution in [0.3, 0.4) is 0 Å². The van der Waals surface area contributed by atoms with Crippen molar-refractivity contribution < 1.29 is 27.9 Å². The molecule has 1 aliphatic rings. The summed E-state index contributed by atoms with van der Waals surface area (Å²) in [7, 11) is -1.87. The molecule has 152 valence electrons. The molecule has 1 saturated heterocycles. The Morgan fingerprint density at radius 2 is 1.89 bits per heavy atom. The first-order chi connectivity index (χ1) is 13.0. The molecule has 1 aliphatic heterocycles. The van der Waals surface area contributed by atoms with Crippen molar-refractivity contribution in [2.24, 2.45) is 0 Å². The van der Waals surface area contributed by atoms with Crippen LogP contribution < -0.4 is 5.09 Å². The molecule has 9 heteroatoms. The number of hydrogen-bond acceptors (Lipinski definition) is 6. The van der Waals surface area contributed by atoms with Crippen LogP contribution in [-0.2, 0) is 29.7 Å². The molecule has 1 aromatic carbocycles. The van der Waals surface area contributed by atoms with Gasteiger partial charge in [0.1, 0.15) is 6.61 Å². The summed E-state index contributed by atoms with van der Waals surface area (Å²) in [6.45, 7) is 4.98. The molecule has 8 nitrogen and oxygen atoms in total. The van der Waals surface area contributed by atoms with Gasteiger partial charge in [-0.15, -0.1) is 0 Å². The topological polar surface area (TPSA) is 86.3 Å². The maximum Gasteiger partial charge on any atom is 0.410 e. The van der Waals surface area contributed by atoms with E-state index in [-0.39, 0.29) is 32.5 Å². The summed E-state index contributed by atoms with van der Waals surface area (Å²) < 4.78 is 34.3. The number of carbonyl (C=O) groups is 1. The van der Waals surface area contributed by atoms with Crippen molar-refractivity contribution in [2.45, 2.75) is 39.0 Å². The Morgan fingerprint density at radius 3 is 2.48 bits per heavy atom. The van der Waals surface area contributed by atoms with Gasteiger partial charge in [0.2, 0.25) is 0 Å². The van der Waals surface area contributed by atoms with Crippen LogP contribution in [0.25, 0.3) is 0 Å². The zero-order valence-electron chi connectivity index (χ0n) is 16.1. The van der Waals surface area contributed by atoms with Gasteiger partial charge in [0, 0.05) is 20.2 Å². The van der Waals surface area contributed by atoms with Gasteiger partial charge in [-0.2, -0.15) is 0 Å². The first-order valence-electron chi connectivity index (χ1n) is 9.16. The van der Waals surface area contributed by atoms with Crippen LogP contribution in [0.4, 0.5) is 4.79 Å². The number of carbonyl (C=O) groups excluding carboxylic acids is 1. The molecule has 1 fully saturated rings. The molecule has 27 heavy (non-hydrogen) atoms. The predicted octanol–water partition coefficient (Wildman–Crippen LogP) is 3.18. The minimum atomic E-state index is -3.47. The number of piperidine rings is 1. The molecular formula is C18H29N2O6P. The Kier molecular flexibility index (Phi) is 8.73. The highest BCUT2D eigenvalue weighted by Crippen LogP contribution is 2.44. The van der Waals surface area contributed by atoms with Gasteiger partial charge in [0.25, 0.3) is 0 Å². The number of amides is 1. The number of ether oxygens (including phenoxy) is 2. The summed E-state index contributed by atoms with van der Waals surface area (Å²) in [5, 5.41) is 2.93. The quantitative estimate of drug-likeness (QED) is 0.637. The van der Waals surface area contributed by atoms with Crippen molar-refractivity contribution in [1.82, 2.24) is 9.99 Å². The second-order valence-electron chi connectivity index (χ2n) is 6.12. The van der Waals surface area contributed by atoms with Gasteiger partial charge in [-0.3, -0.25) is 9.05 Å². The summed E-state index contributed by atoms with van der Waals surface area (Å²) in [4.78, 5) is 14.0. The van der Waals surface area contributed by atoms with Crippen LogP contribution in [0.2, 0.25) is 0 Å². The molecule has 0 aromatic heterocycles. The Hall–Kier alpha value is -1.44. The third-order valence-electron chi connectivity index (χ3n) is 4.24. The van der Waals surface area contributed by atoms with Gasteiger partial charge in [-0.05, 0) is 25.8 Å². The zero-order chi connectivity index (χ0) is 19.7. The lowest BCUT2D eigenvalue weighted by atomic mass is 10.0. The van der Waals surface area contributed by atoms with E-state index in [2.05, 4.69) is 5.09 Å². The van der Waals surface area contributed by atoms with E-state index >= 15 is 0 Å². The lowest BCUT2D eigenvalue weighted by Crippen LogP contribution is -2.55. The molecule has 1 N–H and O–H groups in total. The van der Waals surface area contributed by atoms with Gasteiger partial charge in [0.05, 0.1) is 25.4 Å². The summed E-state index contributed by atoms with van der Waals surface area (Å²) >= 11 is 0. The van der Waals surface area contributed by atoms with Gasteiger partial charge < -0.3 is 14.4 Å². The van der Waals surface area contributed by atoms with Crippen LogP contribution in [-0.4, -0.2) is 56.6 Å². The minimum Gasteiger partial charge on any atom is -0.445 e. The highest BCUT2D eigenvalue weighted by Gasteiger charge is 2.37. The summed E-state index contributed by atoms with van der Waals surface area (Å²) in [5.74, 6) is 0. The lowest BCUT2D eigenvalue weighted by molar-refractivity contribution is 0.0109. The summed E-state index contributed by atoms with van der Waals surface area (Å²) in [5.41, 5.74) is 0.921. The SMILES string of the molecule is CCOP(=O)(NC1CN(C(=O)OCc2ccccc2)CCC1OC)OCC. The molecule has 0 saturated carbocycles. The highest BCUT2D eigenvalue weighted by molar-refractivity contribution is 7.51. The molecular weight excluding hydrogens is 371 g/mol. The average Bonchev–Trinajstić information content (AvgIpc) is 2.67. The van der Waals surface area contributed by atoms with Crippen molar-refractivity contribution in [3.05, 3.63) is 35.9 Å². The summed E-state index contributed by atoms with van der Waals surface area (Å²) in [6, 6.07) is 9.10. The molecule has 0 radical (unpaired) electrons. The normalized spacial score (nSPS) is 20.5. The number of methoxy groups -OCH3 is 1. The highest BCUT2D eigenvalue weighted by atomic mass is 31.2. The third-order valence-corrected chi connectivity index (χ3v) is 6.08. The minimum absolute atomic E-state index is 0.207. The van der Waals surface area contributed by atoms with Crippen molar-refractivity contribution in [3.63, 3.8) is 0 Å². The van der Waals surface area contributed by atoms with E-state index in [0.29, 0.717) is 13.0 Å². The monoisotopic (exact) mass is 400 g/mol. The second kappa shape index (κ2) is 10.8. The Morgan fingerprint density at radius 1 is 1.22 bits per heavy atom. The van der Waals surface area contributed by atoms with E-state index in [1.165, 1.54) is 0 Å². The molecule has 0 bridgehead atoms. The third kappa shape index (κ3) is 6.59. The number of benzene rings is 1. The lowest BCUT2D eigenvalue weighted by Gasteiger charge is -2.38. The van der Waals surface area contributed by atoms with Crippen molar-refractivity contribution in [2.75, 3.05) is 33.4 Å². The number of likely N-dealkylation sites (tertiary alicyclic amines) is 1. The molecule has 1 amide bonds. The maximum absolute atomic E-state index is 12.8. The van der Waals surface area contributed by atoms with Gasteiger partial charge in [0.15, 0.2) is 0 Å². The fourth-order valence-corrected chi connectivity index (χ4v) is 4.53. The van der Waals surface area contributed by atoms with Gasteiger partial charge in [-0.1, -0.05) is 30.3 Å². The van der Waals surface area contributed by atoms with Crippen LogP contribution in [0.5, 0.6) is 0 Å². The number of hydrogen-bond donors (Lipinski definition) is 1. The smallest absolute Gasteiger partial charge is 0.410 e. The molecule has 0 aliphatic carbocycles. The van der Waals surface area contributed by atoms with E-state index in [1.807, 2.05) is 30.3 Å². The van der Waals surface area contributed by atoms with Gasteiger partial charge in [-0.25, -0.2) is 14.4 Å². The standard InChI is InChI=1S/C18H29N2O6P/c1-4-25-27(22,26-5-2)19-16-13-20(12-11-17(16)23-3)18(21)24-14-15-9-7-6-8-10-15/h6-10,16-17H,4-5,11-14H2,1-3H3,(H,19,22). The molecule has 1 heterocycles. The van der Waals surface area contributed by atoms with Crippen LogP contribution in [0.1, 0.15) is 25.8 Å². The Labute approximate surface area is 160 Å². The van der Waals surface area contributed by atoms with E-state index in [1.54, 1.807) is 25.9 Å². The fourth-order valence-electron chi connectivity index (χ4n) is 2.97. The van der Waals surface area contributed by atoms with E-state index in [9.17, 15) is 9.36 Å². The Bertz CT molecular complexity index is 620. The molecule has 2 unspecified atom stereocenters. The zero-order valence-corrected chi connectivity index (χ0v) is 17.0. The largest absolute Gasteiger partial charge is 0.445 e. The first-order valence-corrected chi connectivity index (χ1v) is 10.7. The Balaban J connectivity index is 1.97. The molecule has 2 atom stereocenters.